The van der Waals surface area contributed by atoms with Gasteiger partial charge in [-0.05, 0) is 104 Å². The molecule has 0 saturated carbocycles. The first-order valence-corrected chi connectivity index (χ1v) is 27.0. The number of nitrogens with zero attached hydrogens (tertiary/aromatic N) is 3. The van der Waals surface area contributed by atoms with Gasteiger partial charge in [0.15, 0.2) is 23.0 Å². The minimum atomic E-state index is -1.06. The lowest BCUT2D eigenvalue weighted by atomic mass is 10.1. The van der Waals surface area contributed by atoms with Crippen molar-refractivity contribution in [3.8, 4) is 23.0 Å². The van der Waals surface area contributed by atoms with Crippen LogP contribution in [0.4, 0.5) is 28.4 Å². The molecule has 8 amide bonds. The number of fused-ring (bicyclic) bond motifs is 8. The van der Waals surface area contributed by atoms with Crippen LogP contribution in [-0.2, 0) is 54.8 Å². The Morgan fingerprint density at radius 2 is 1.10 bits per heavy atom. The van der Waals surface area contributed by atoms with Crippen molar-refractivity contribution >= 4 is 75.7 Å². The number of benzene rings is 5. The van der Waals surface area contributed by atoms with Gasteiger partial charge in [0, 0.05) is 80.4 Å². The Kier molecular flexibility index (Phi) is 16.2. The van der Waals surface area contributed by atoms with Gasteiger partial charge in [0.25, 0.3) is 23.6 Å². The Morgan fingerprint density at radius 1 is 0.605 bits per heavy atom. The predicted octanol–water partition coefficient (Wildman–Crippen LogP) is 5.41. The maximum Gasteiger partial charge on any atom is 0.260 e. The van der Waals surface area contributed by atoms with Crippen molar-refractivity contribution in [3.63, 3.8) is 0 Å². The van der Waals surface area contributed by atoms with Crippen molar-refractivity contribution in [2.45, 2.75) is 89.8 Å². The van der Waals surface area contributed by atoms with Crippen molar-refractivity contribution in [1.82, 2.24) is 20.9 Å². The van der Waals surface area contributed by atoms with E-state index in [-0.39, 0.29) is 69.0 Å². The highest BCUT2D eigenvalue weighted by atomic mass is 16.5. The zero-order chi connectivity index (χ0) is 56.9. The molecule has 0 unspecified atom stereocenters. The number of nitrogens with one attached hydrogen (secondary N) is 6. The van der Waals surface area contributed by atoms with Crippen LogP contribution in [0.3, 0.4) is 0 Å². The summed E-state index contributed by atoms with van der Waals surface area (Å²) in [5.74, 6) is -1.59. The second-order valence-electron chi connectivity index (χ2n) is 20.5. The van der Waals surface area contributed by atoms with Gasteiger partial charge in [-0.25, -0.2) is 0 Å². The van der Waals surface area contributed by atoms with Gasteiger partial charge in [0.1, 0.15) is 25.3 Å². The standard InChI is InChI=1S/C60H63N9O12/c1-34(64-54(71)16-10-9-15-53(70)61-19-20-67-55(72)17-18-56(67)73)57(74)65-35(2)58(75)66-40-22-36(32-80-51-28-45-43(26-49(51)78-3)59(76)68-41(30-62-45)24-38-11-5-7-13-47(38)68)21-37(23-40)33-81-52-29-46-44(27-50(52)79-4)60(77)69-42(31-63-46)25-39-12-6-8-14-48(39)69/h5-8,11-14,17-18,21-23,26-29,34-35,41-42,62-63H,9-10,15-16,19-20,24-25,30-33H2,1-4H3,(H,61,70)(H,64,71)(H,65,74)(H,66,75)/t34-,35-,41-,42-/m0/s1. The third kappa shape index (κ3) is 12.0. The summed E-state index contributed by atoms with van der Waals surface area (Å²) in [6.07, 6.45) is 4.71. The molecule has 0 bridgehead atoms. The van der Waals surface area contributed by atoms with E-state index in [1.165, 1.54) is 40.2 Å². The van der Waals surface area contributed by atoms with Gasteiger partial charge in [-0.1, -0.05) is 36.4 Å². The molecule has 4 atom stereocenters. The van der Waals surface area contributed by atoms with Crippen molar-refractivity contribution in [3.05, 3.63) is 137 Å². The molecule has 0 saturated heterocycles. The Labute approximate surface area is 467 Å². The minimum Gasteiger partial charge on any atom is -0.493 e. The highest BCUT2D eigenvalue weighted by Gasteiger charge is 2.39. The number of hydrogen-bond donors (Lipinski definition) is 6. The van der Waals surface area contributed by atoms with Crippen LogP contribution in [0.25, 0.3) is 0 Å². The molecule has 21 heteroatoms. The van der Waals surface area contributed by atoms with Gasteiger partial charge in [-0.2, -0.15) is 0 Å². The number of rotatable bonds is 21. The van der Waals surface area contributed by atoms with Gasteiger partial charge < -0.3 is 60.6 Å². The Morgan fingerprint density at radius 3 is 1.62 bits per heavy atom. The molecule has 0 aromatic heterocycles. The van der Waals surface area contributed by atoms with Crippen LogP contribution in [0.2, 0.25) is 0 Å². The second kappa shape index (κ2) is 23.9. The van der Waals surface area contributed by atoms with Crippen LogP contribution >= 0.6 is 0 Å². The monoisotopic (exact) mass is 1100 g/mol. The molecule has 0 fully saturated rings. The van der Waals surface area contributed by atoms with Crippen LogP contribution in [0.1, 0.15) is 82.5 Å². The summed E-state index contributed by atoms with van der Waals surface area (Å²) in [6, 6.07) is 25.8. The number of hydrogen-bond acceptors (Lipinski definition) is 14. The largest absolute Gasteiger partial charge is 0.493 e. The molecule has 21 nitrogen and oxygen atoms in total. The summed E-state index contributed by atoms with van der Waals surface area (Å²) in [4.78, 5) is 109. The lowest BCUT2D eigenvalue weighted by Gasteiger charge is -2.23. The molecular formula is C60H63N9O12. The van der Waals surface area contributed by atoms with E-state index in [1.807, 2.05) is 64.4 Å². The maximum absolute atomic E-state index is 14.1. The first kappa shape index (κ1) is 54.9. The van der Waals surface area contributed by atoms with Gasteiger partial charge in [-0.15, -0.1) is 0 Å². The number of anilines is 5. The fourth-order valence-electron chi connectivity index (χ4n) is 10.8. The molecule has 0 spiro atoms. The third-order valence-electron chi connectivity index (χ3n) is 15.0. The minimum absolute atomic E-state index is 0.0169. The lowest BCUT2D eigenvalue weighted by Crippen LogP contribution is -2.50. The second-order valence-corrected chi connectivity index (χ2v) is 20.5. The van der Waals surface area contributed by atoms with E-state index in [2.05, 4.69) is 31.9 Å². The van der Waals surface area contributed by atoms with E-state index in [0.29, 0.717) is 88.2 Å². The molecule has 6 N–H and O–H groups in total. The number of unbranched alkanes of at least 4 members (excludes halogenated alkanes) is 1. The SMILES string of the molecule is COc1cc2c(cc1OCc1cc(COc3cc4c(cc3OC)C(=O)N3c5ccccc5C[C@H]3CN4)cc(NC(=O)[C@H](C)NC(=O)[C@H](C)NC(=O)CCCCC(=O)NCCN3C(=O)C=CC3=O)c1)NC[C@@H]1Cc3ccccc3N1C2=O. The maximum atomic E-state index is 14.1. The zero-order valence-electron chi connectivity index (χ0n) is 45.4. The van der Waals surface area contributed by atoms with Gasteiger partial charge in [0.05, 0.1) is 48.8 Å². The van der Waals surface area contributed by atoms with E-state index in [9.17, 15) is 38.4 Å². The average Bonchev–Trinajstić information content (AvgIpc) is 4.22. The van der Waals surface area contributed by atoms with E-state index >= 15 is 0 Å². The lowest BCUT2D eigenvalue weighted by molar-refractivity contribution is -0.137. The highest BCUT2D eigenvalue weighted by molar-refractivity contribution is 6.14. The van der Waals surface area contributed by atoms with E-state index < -0.39 is 41.6 Å². The summed E-state index contributed by atoms with van der Waals surface area (Å²) in [7, 11) is 3.01. The fraction of sp³-hybridized carbons (Fsp3) is 0.333. The van der Waals surface area contributed by atoms with Crippen LogP contribution in [0.15, 0.2) is 103 Å². The molecule has 0 radical (unpaired) electrons. The molecule has 81 heavy (non-hydrogen) atoms. The average molecular weight is 1100 g/mol. The molecule has 5 aliphatic rings. The highest BCUT2D eigenvalue weighted by Crippen LogP contribution is 2.43. The molecule has 10 rings (SSSR count). The molecule has 420 valence electrons. The number of carbonyl (C=O) groups excluding carboxylic acids is 8. The number of methoxy groups -OCH3 is 2. The number of para-hydroxylation sites is 2. The van der Waals surface area contributed by atoms with Crippen LogP contribution in [0.5, 0.6) is 23.0 Å². The molecule has 5 heterocycles. The Balaban J connectivity index is 0.802. The number of imide groups is 1. The van der Waals surface area contributed by atoms with Crippen molar-refractivity contribution in [1.29, 1.82) is 0 Å². The predicted molar refractivity (Wildman–Crippen MR) is 301 cm³/mol. The number of carbonyl (C=O) groups is 8. The zero-order valence-corrected chi connectivity index (χ0v) is 45.4. The van der Waals surface area contributed by atoms with Crippen LogP contribution < -0.4 is 60.6 Å². The summed E-state index contributed by atoms with van der Waals surface area (Å²) >= 11 is 0. The third-order valence-corrected chi connectivity index (χ3v) is 15.0. The van der Waals surface area contributed by atoms with Crippen LogP contribution in [0, 0.1) is 0 Å². The van der Waals surface area contributed by atoms with E-state index in [1.54, 1.807) is 36.4 Å². The number of amides is 8. The summed E-state index contributed by atoms with van der Waals surface area (Å²) in [5.41, 5.74) is 7.67. The van der Waals surface area contributed by atoms with Gasteiger partial charge >= 0.3 is 0 Å². The van der Waals surface area contributed by atoms with Gasteiger partial charge in [0.2, 0.25) is 23.6 Å². The Hall–Kier alpha value is -9.40. The van der Waals surface area contributed by atoms with E-state index in [4.69, 9.17) is 18.9 Å². The van der Waals surface area contributed by atoms with Crippen LogP contribution in [-0.4, -0.2) is 117 Å². The van der Waals surface area contributed by atoms with Gasteiger partial charge in [-0.3, -0.25) is 43.3 Å². The first-order chi connectivity index (χ1) is 39.2. The fourth-order valence-corrected chi connectivity index (χ4v) is 10.8. The molecule has 0 aliphatic carbocycles. The summed E-state index contributed by atoms with van der Waals surface area (Å²) in [5, 5.41) is 17.8. The molecular weight excluding hydrogens is 1040 g/mol. The van der Waals surface area contributed by atoms with Crippen molar-refractivity contribution in [2.24, 2.45) is 0 Å². The summed E-state index contributed by atoms with van der Waals surface area (Å²) in [6.45, 7) is 4.18. The molecule has 5 aromatic carbocycles. The first-order valence-electron chi connectivity index (χ1n) is 27.0. The quantitative estimate of drug-likeness (QED) is 0.0397. The molecule has 5 aliphatic heterocycles. The molecule has 5 aromatic rings. The van der Waals surface area contributed by atoms with E-state index in [0.717, 1.165) is 40.2 Å². The smallest absolute Gasteiger partial charge is 0.260 e. The topological polar surface area (TPSA) is 255 Å². The van der Waals surface area contributed by atoms with Crippen molar-refractivity contribution < 1.29 is 57.3 Å². The normalized spacial score (nSPS) is 17.1. The number of ether oxygens (including phenoxy) is 4. The summed E-state index contributed by atoms with van der Waals surface area (Å²) < 4.78 is 24.5. The van der Waals surface area contributed by atoms with Crippen molar-refractivity contribution in [2.75, 3.05) is 66.1 Å². The Bertz CT molecular complexity index is 3210.